The van der Waals surface area contributed by atoms with Gasteiger partial charge in [-0.25, -0.2) is 0 Å². The third-order valence-electron chi connectivity index (χ3n) is 3.53. The molecule has 0 bridgehead atoms. The number of benzene rings is 1. The molecule has 0 saturated heterocycles. The first-order valence-electron chi connectivity index (χ1n) is 8.14. The van der Waals surface area contributed by atoms with Crippen LogP contribution in [0.4, 0.5) is 11.4 Å². The minimum Gasteiger partial charge on any atom is -0.493 e. The second kappa shape index (κ2) is 9.36. The Kier molecular flexibility index (Phi) is 6.88. The van der Waals surface area contributed by atoms with E-state index in [0.29, 0.717) is 18.8 Å². The number of anilines is 1. The van der Waals surface area contributed by atoms with Crippen LogP contribution in [0.3, 0.4) is 0 Å². The van der Waals surface area contributed by atoms with E-state index in [1.54, 1.807) is 24.4 Å². The quantitative estimate of drug-likeness (QED) is 0.423. The van der Waals surface area contributed by atoms with Crippen molar-refractivity contribution < 1.29 is 14.5 Å². The van der Waals surface area contributed by atoms with Crippen LogP contribution in [0.15, 0.2) is 42.6 Å². The van der Waals surface area contributed by atoms with Crippen LogP contribution in [0.1, 0.15) is 31.4 Å². The summed E-state index contributed by atoms with van der Waals surface area (Å²) >= 11 is 0. The van der Waals surface area contributed by atoms with Crippen molar-refractivity contribution in [1.82, 2.24) is 4.98 Å². The van der Waals surface area contributed by atoms with Gasteiger partial charge in [0.2, 0.25) is 5.91 Å². The van der Waals surface area contributed by atoms with Crippen molar-refractivity contribution in [3.8, 4) is 5.75 Å². The third kappa shape index (κ3) is 6.58. The van der Waals surface area contributed by atoms with Crippen molar-refractivity contribution >= 4 is 17.3 Å². The molecule has 1 amide bonds. The number of pyridine rings is 1. The van der Waals surface area contributed by atoms with E-state index >= 15 is 0 Å². The lowest BCUT2D eigenvalue weighted by Gasteiger charge is -2.07. The maximum Gasteiger partial charge on any atom is 0.273 e. The van der Waals surface area contributed by atoms with Gasteiger partial charge in [-0.1, -0.05) is 6.07 Å². The smallest absolute Gasteiger partial charge is 0.273 e. The number of unbranched alkanes of at least 4 members (excludes halogenated alkanes) is 2. The van der Waals surface area contributed by atoms with E-state index in [1.165, 1.54) is 12.1 Å². The van der Waals surface area contributed by atoms with Crippen LogP contribution in [-0.2, 0) is 4.79 Å². The fraction of sp³-hybridized carbons (Fsp3) is 0.333. The molecular weight excluding hydrogens is 322 g/mol. The topological polar surface area (TPSA) is 94.4 Å². The van der Waals surface area contributed by atoms with Gasteiger partial charge in [-0.05, 0) is 44.4 Å². The lowest BCUT2D eigenvalue weighted by atomic mass is 10.2. The molecule has 0 spiro atoms. The molecule has 0 saturated carbocycles. The molecule has 1 heterocycles. The molecule has 0 aliphatic carbocycles. The van der Waals surface area contributed by atoms with Gasteiger partial charge in [0.05, 0.1) is 17.6 Å². The molecule has 2 aromatic rings. The summed E-state index contributed by atoms with van der Waals surface area (Å²) in [5.41, 5.74) is 1.63. The molecule has 0 unspecified atom stereocenters. The number of hydrogen-bond donors (Lipinski definition) is 1. The van der Waals surface area contributed by atoms with E-state index in [2.05, 4.69) is 10.3 Å². The number of nitrogens with zero attached hydrogens (tertiary/aromatic N) is 2. The lowest BCUT2D eigenvalue weighted by molar-refractivity contribution is -0.384. The third-order valence-corrected chi connectivity index (χ3v) is 3.53. The van der Waals surface area contributed by atoms with Gasteiger partial charge in [0, 0.05) is 30.1 Å². The molecule has 1 N–H and O–H groups in total. The van der Waals surface area contributed by atoms with E-state index < -0.39 is 4.92 Å². The predicted molar refractivity (Wildman–Crippen MR) is 94.7 cm³/mol. The van der Waals surface area contributed by atoms with Crippen molar-refractivity contribution in [2.75, 3.05) is 11.9 Å². The van der Waals surface area contributed by atoms with Gasteiger partial charge in [0.25, 0.3) is 5.69 Å². The highest BCUT2D eigenvalue weighted by molar-refractivity contribution is 5.90. The summed E-state index contributed by atoms with van der Waals surface area (Å²) in [6.45, 7) is 2.34. The number of amides is 1. The Morgan fingerprint density at radius 1 is 1.24 bits per heavy atom. The number of aryl methyl sites for hydroxylation is 1. The molecule has 0 atom stereocenters. The average molecular weight is 343 g/mol. The maximum atomic E-state index is 11.9. The summed E-state index contributed by atoms with van der Waals surface area (Å²) in [6, 6.07) is 9.71. The number of hydrogen-bond acceptors (Lipinski definition) is 5. The highest BCUT2D eigenvalue weighted by Gasteiger charge is 2.06. The molecule has 0 aliphatic heterocycles. The van der Waals surface area contributed by atoms with Crippen LogP contribution >= 0.6 is 0 Å². The lowest BCUT2D eigenvalue weighted by Crippen LogP contribution is -2.11. The molecule has 1 aromatic heterocycles. The summed E-state index contributed by atoms with van der Waals surface area (Å²) in [5, 5.41) is 13.5. The van der Waals surface area contributed by atoms with Crippen molar-refractivity contribution in [3.05, 3.63) is 58.4 Å². The van der Waals surface area contributed by atoms with Crippen LogP contribution < -0.4 is 10.1 Å². The minimum atomic E-state index is -0.449. The Bertz CT molecular complexity index is 734. The first-order valence-corrected chi connectivity index (χ1v) is 8.14. The minimum absolute atomic E-state index is 0.0144. The van der Waals surface area contributed by atoms with Gasteiger partial charge in [-0.15, -0.1) is 0 Å². The highest BCUT2D eigenvalue weighted by atomic mass is 16.6. The van der Waals surface area contributed by atoms with Gasteiger partial charge in [-0.2, -0.15) is 0 Å². The van der Waals surface area contributed by atoms with E-state index in [4.69, 9.17) is 4.74 Å². The molecule has 2 rings (SSSR count). The van der Waals surface area contributed by atoms with Crippen LogP contribution in [-0.4, -0.2) is 22.4 Å². The fourth-order valence-corrected chi connectivity index (χ4v) is 2.29. The van der Waals surface area contributed by atoms with Crippen molar-refractivity contribution in [2.24, 2.45) is 0 Å². The standard InChI is InChI=1S/C18H21N3O4/c1-14-12-15(9-10-19-14)20-18(22)8-3-2-4-11-25-17-7-5-6-16(13-17)21(23)24/h5-7,9-10,12-13H,2-4,8,11H2,1H3,(H,19,20,22). The summed E-state index contributed by atoms with van der Waals surface area (Å²) in [7, 11) is 0. The Hall–Kier alpha value is -2.96. The zero-order valence-corrected chi connectivity index (χ0v) is 14.1. The first-order chi connectivity index (χ1) is 12.0. The van der Waals surface area contributed by atoms with Gasteiger partial charge in [-0.3, -0.25) is 19.9 Å². The van der Waals surface area contributed by atoms with Crippen LogP contribution in [0, 0.1) is 17.0 Å². The van der Waals surface area contributed by atoms with E-state index in [0.717, 1.165) is 30.6 Å². The number of rotatable bonds is 9. The van der Waals surface area contributed by atoms with E-state index in [-0.39, 0.29) is 11.6 Å². The summed E-state index contributed by atoms with van der Waals surface area (Å²) in [6.07, 6.45) is 4.49. The van der Waals surface area contributed by atoms with Crippen LogP contribution in [0.5, 0.6) is 5.75 Å². The number of nitro groups is 1. The number of nitro benzene ring substituents is 1. The van der Waals surface area contributed by atoms with E-state index in [1.807, 2.05) is 13.0 Å². The Balaban J connectivity index is 1.61. The summed E-state index contributed by atoms with van der Waals surface area (Å²) in [4.78, 5) is 26.2. The Morgan fingerprint density at radius 3 is 2.84 bits per heavy atom. The van der Waals surface area contributed by atoms with Crippen LogP contribution in [0.25, 0.3) is 0 Å². The monoisotopic (exact) mass is 343 g/mol. The van der Waals surface area contributed by atoms with Gasteiger partial charge < -0.3 is 10.1 Å². The van der Waals surface area contributed by atoms with Crippen molar-refractivity contribution in [2.45, 2.75) is 32.6 Å². The second-order valence-corrected chi connectivity index (χ2v) is 5.65. The zero-order chi connectivity index (χ0) is 18.1. The molecule has 1 aromatic carbocycles. The predicted octanol–water partition coefficient (Wildman–Crippen LogP) is 3.88. The van der Waals surface area contributed by atoms with Gasteiger partial charge in [0.15, 0.2) is 0 Å². The number of aromatic nitrogens is 1. The second-order valence-electron chi connectivity index (χ2n) is 5.65. The SMILES string of the molecule is Cc1cc(NC(=O)CCCCCOc2cccc([N+](=O)[O-])c2)ccn1. The molecule has 0 radical (unpaired) electrons. The summed E-state index contributed by atoms with van der Waals surface area (Å²) in [5.74, 6) is 0.463. The molecule has 132 valence electrons. The van der Waals surface area contributed by atoms with Crippen LogP contribution in [0.2, 0.25) is 0 Å². The first kappa shape index (κ1) is 18.4. The number of carbonyl (C=O) groups is 1. The molecule has 7 heteroatoms. The summed E-state index contributed by atoms with van der Waals surface area (Å²) < 4.78 is 5.50. The fourth-order valence-electron chi connectivity index (χ4n) is 2.29. The molecule has 25 heavy (non-hydrogen) atoms. The normalized spacial score (nSPS) is 10.3. The molecular formula is C18H21N3O4. The van der Waals surface area contributed by atoms with Crippen molar-refractivity contribution in [1.29, 1.82) is 0 Å². The number of nitrogens with one attached hydrogen (secondary N) is 1. The van der Waals surface area contributed by atoms with Gasteiger partial charge in [0.1, 0.15) is 5.75 Å². The molecule has 0 aliphatic rings. The average Bonchev–Trinajstić information content (AvgIpc) is 2.58. The zero-order valence-electron chi connectivity index (χ0n) is 14.1. The number of ether oxygens (including phenoxy) is 1. The molecule has 7 nitrogen and oxygen atoms in total. The molecule has 0 fully saturated rings. The van der Waals surface area contributed by atoms with E-state index in [9.17, 15) is 14.9 Å². The van der Waals surface area contributed by atoms with Crippen molar-refractivity contribution in [3.63, 3.8) is 0 Å². The Labute approximate surface area is 146 Å². The maximum absolute atomic E-state index is 11.9. The highest BCUT2D eigenvalue weighted by Crippen LogP contribution is 2.19. The number of non-ortho nitro benzene ring substituents is 1. The largest absolute Gasteiger partial charge is 0.493 e. The van der Waals surface area contributed by atoms with Gasteiger partial charge >= 0.3 is 0 Å². The Morgan fingerprint density at radius 2 is 2.08 bits per heavy atom. The number of carbonyl (C=O) groups excluding carboxylic acids is 1.